The summed E-state index contributed by atoms with van der Waals surface area (Å²) < 4.78 is 9.91. The number of ether oxygens (including phenoxy) is 2. The van der Waals surface area contributed by atoms with E-state index < -0.39 is 23.2 Å². The first-order valence-corrected chi connectivity index (χ1v) is 6.54. The predicted molar refractivity (Wildman–Crippen MR) is 72.4 cm³/mol. The average Bonchev–Trinajstić information content (AvgIpc) is 2.91. The average molecular weight is 280 g/mol. The molecule has 0 saturated heterocycles. The molecule has 0 unspecified atom stereocenters. The van der Waals surface area contributed by atoms with Gasteiger partial charge in [-0.25, -0.2) is 9.59 Å². The third kappa shape index (κ3) is 3.12. The zero-order valence-electron chi connectivity index (χ0n) is 12.2. The molecule has 1 aromatic rings. The molecule has 2 rings (SSSR count). The molecule has 110 valence electrons. The van der Waals surface area contributed by atoms with Gasteiger partial charge in [-0.2, -0.15) is 0 Å². The molecule has 6 nitrogen and oxygen atoms in total. The van der Waals surface area contributed by atoms with E-state index >= 15 is 0 Å². The molecule has 0 radical (unpaired) electrons. The maximum atomic E-state index is 11.8. The van der Waals surface area contributed by atoms with Crippen molar-refractivity contribution in [3.8, 4) is 0 Å². The van der Waals surface area contributed by atoms with E-state index in [4.69, 9.17) is 4.74 Å². The molecule has 2 N–H and O–H groups in total. The summed E-state index contributed by atoms with van der Waals surface area (Å²) in [4.78, 5) is 26.1. The van der Waals surface area contributed by atoms with E-state index in [1.165, 1.54) is 7.11 Å². The SMILES string of the molecule is COC(=O)c1cc(C2(NC(=O)OC(C)(C)C)CC2)c[nH]1. The van der Waals surface area contributed by atoms with Crippen LogP contribution >= 0.6 is 0 Å². The molecule has 1 heterocycles. The second kappa shape index (κ2) is 4.85. The zero-order chi connectivity index (χ0) is 15.0. The predicted octanol–water partition coefficient (Wildman–Crippen LogP) is 2.32. The minimum Gasteiger partial charge on any atom is -0.464 e. The van der Waals surface area contributed by atoms with Crippen LogP contribution in [-0.4, -0.2) is 29.8 Å². The molecule has 1 amide bonds. The fourth-order valence-electron chi connectivity index (χ4n) is 2.01. The van der Waals surface area contributed by atoms with Gasteiger partial charge in [-0.05, 0) is 45.2 Å². The highest BCUT2D eigenvalue weighted by Crippen LogP contribution is 2.45. The first-order valence-electron chi connectivity index (χ1n) is 6.54. The van der Waals surface area contributed by atoms with Gasteiger partial charge < -0.3 is 19.8 Å². The summed E-state index contributed by atoms with van der Waals surface area (Å²) in [5, 5.41) is 2.88. The number of amides is 1. The molecule has 1 aliphatic carbocycles. The van der Waals surface area contributed by atoms with Gasteiger partial charge in [0, 0.05) is 6.20 Å². The van der Waals surface area contributed by atoms with Crippen LogP contribution in [0.2, 0.25) is 0 Å². The molecular formula is C14H20N2O4. The number of methoxy groups -OCH3 is 1. The van der Waals surface area contributed by atoms with E-state index in [-0.39, 0.29) is 0 Å². The second-order valence-corrected chi connectivity index (χ2v) is 6.00. The van der Waals surface area contributed by atoms with Crippen LogP contribution in [0.25, 0.3) is 0 Å². The lowest BCUT2D eigenvalue weighted by Crippen LogP contribution is -2.39. The van der Waals surface area contributed by atoms with Crippen molar-refractivity contribution in [1.82, 2.24) is 10.3 Å². The van der Waals surface area contributed by atoms with E-state index in [0.717, 1.165) is 18.4 Å². The number of carbonyl (C=O) groups excluding carboxylic acids is 2. The zero-order valence-corrected chi connectivity index (χ0v) is 12.2. The Bertz CT molecular complexity index is 524. The molecular weight excluding hydrogens is 260 g/mol. The van der Waals surface area contributed by atoms with Crippen molar-refractivity contribution < 1.29 is 19.1 Å². The number of hydrogen-bond donors (Lipinski definition) is 2. The summed E-state index contributed by atoms with van der Waals surface area (Å²) in [6.45, 7) is 5.45. The maximum absolute atomic E-state index is 11.8. The monoisotopic (exact) mass is 280 g/mol. The molecule has 1 aromatic heterocycles. The van der Waals surface area contributed by atoms with Crippen molar-refractivity contribution in [1.29, 1.82) is 0 Å². The molecule has 0 aromatic carbocycles. The lowest BCUT2D eigenvalue weighted by Gasteiger charge is -2.23. The Morgan fingerprint density at radius 1 is 1.35 bits per heavy atom. The van der Waals surface area contributed by atoms with Gasteiger partial charge in [-0.15, -0.1) is 0 Å². The lowest BCUT2D eigenvalue weighted by atomic mass is 10.1. The van der Waals surface area contributed by atoms with Gasteiger partial charge >= 0.3 is 12.1 Å². The smallest absolute Gasteiger partial charge is 0.408 e. The van der Waals surface area contributed by atoms with Gasteiger partial charge in [0.2, 0.25) is 0 Å². The van der Waals surface area contributed by atoms with Crippen molar-refractivity contribution in [2.24, 2.45) is 0 Å². The molecule has 0 aliphatic heterocycles. The number of H-pyrrole nitrogens is 1. The molecule has 1 saturated carbocycles. The number of rotatable bonds is 3. The lowest BCUT2D eigenvalue weighted by molar-refractivity contribution is 0.0494. The van der Waals surface area contributed by atoms with E-state index in [2.05, 4.69) is 15.0 Å². The Balaban J connectivity index is 2.06. The fourth-order valence-corrected chi connectivity index (χ4v) is 2.01. The molecule has 20 heavy (non-hydrogen) atoms. The first kappa shape index (κ1) is 14.4. The van der Waals surface area contributed by atoms with Gasteiger partial charge in [-0.3, -0.25) is 0 Å². The summed E-state index contributed by atoms with van der Waals surface area (Å²) in [6, 6.07) is 1.70. The van der Waals surface area contributed by atoms with E-state index in [1.54, 1.807) is 12.3 Å². The van der Waals surface area contributed by atoms with Gasteiger partial charge in [0.15, 0.2) is 0 Å². The van der Waals surface area contributed by atoms with Crippen LogP contribution in [0.4, 0.5) is 4.79 Å². The van der Waals surface area contributed by atoms with Crippen LogP contribution in [-0.2, 0) is 15.0 Å². The Hall–Kier alpha value is -1.98. The topological polar surface area (TPSA) is 80.4 Å². The first-order chi connectivity index (χ1) is 9.26. The minimum atomic E-state index is -0.532. The Morgan fingerprint density at radius 2 is 2.00 bits per heavy atom. The van der Waals surface area contributed by atoms with Crippen molar-refractivity contribution in [2.45, 2.75) is 44.8 Å². The van der Waals surface area contributed by atoms with E-state index in [1.807, 2.05) is 20.8 Å². The number of aromatic amines is 1. The van der Waals surface area contributed by atoms with E-state index in [0.29, 0.717) is 5.69 Å². The van der Waals surface area contributed by atoms with Crippen molar-refractivity contribution in [3.63, 3.8) is 0 Å². The molecule has 0 spiro atoms. The molecule has 6 heteroatoms. The number of carbonyl (C=O) groups is 2. The molecule has 0 atom stereocenters. The van der Waals surface area contributed by atoms with Crippen molar-refractivity contribution in [2.75, 3.05) is 7.11 Å². The summed E-state index contributed by atoms with van der Waals surface area (Å²) >= 11 is 0. The van der Waals surface area contributed by atoms with Gasteiger partial charge in [0.1, 0.15) is 11.3 Å². The van der Waals surface area contributed by atoms with Crippen molar-refractivity contribution in [3.05, 3.63) is 23.5 Å². The van der Waals surface area contributed by atoms with Crippen LogP contribution in [0.1, 0.15) is 49.7 Å². The normalized spacial score (nSPS) is 16.4. The number of aromatic nitrogens is 1. The van der Waals surface area contributed by atoms with Crippen LogP contribution in [0.5, 0.6) is 0 Å². The number of alkyl carbamates (subject to hydrolysis) is 1. The van der Waals surface area contributed by atoms with E-state index in [9.17, 15) is 9.59 Å². The highest BCUT2D eigenvalue weighted by molar-refractivity contribution is 5.87. The van der Waals surface area contributed by atoms with Crippen molar-refractivity contribution >= 4 is 12.1 Å². The Morgan fingerprint density at radius 3 is 2.50 bits per heavy atom. The van der Waals surface area contributed by atoms with Crippen LogP contribution in [0.15, 0.2) is 12.3 Å². The number of esters is 1. The number of hydrogen-bond acceptors (Lipinski definition) is 4. The summed E-state index contributed by atoms with van der Waals surface area (Å²) in [7, 11) is 1.33. The molecule has 0 bridgehead atoms. The maximum Gasteiger partial charge on any atom is 0.408 e. The fraction of sp³-hybridized carbons (Fsp3) is 0.571. The molecule has 1 aliphatic rings. The highest BCUT2D eigenvalue weighted by Gasteiger charge is 2.47. The van der Waals surface area contributed by atoms with Gasteiger partial charge in [0.05, 0.1) is 12.6 Å². The minimum absolute atomic E-state index is 0.375. The standard InChI is InChI=1S/C14H20N2O4/c1-13(2,3)20-12(18)16-14(5-6-14)9-7-10(15-8-9)11(17)19-4/h7-8,15H,5-6H2,1-4H3,(H,16,18). The largest absolute Gasteiger partial charge is 0.464 e. The second-order valence-electron chi connectivity index (χ2n) is 6.00. The van der Waals surface area contributed by atoms with Gasteiger partial charge in [-0.1, -0.05) is 0 Å². The number of nitrogens with one attached hydrogen (secondary N) is 2. The quantitative estimate of drug-likeness (QED) is 0.833. The third-order valence-corrected chi connectivity index (χ3v) is 3.13. The summed E-state index contributed by atoms with van der Waals surface area (Å²) in [5.41, 5.74) is 0.282. The Labute approximate surface area is 117 Å². The highest BCUT2D eigenvalue weighted by atomic mass is 16.6. The molecule has 1 fully saturated rings. The summed E-state index contributed by atoms with van der Waals surface area (Å²) in [5.74, 6) is -0.427. The third-order valence-electron chi connectivity index (χ3n) is 3.13. The Kier molecular flexibility index (Phi) is 3.50. The van der Waals surface area contributed by atoms with Crippen LogP contribution < -0.4 is 5.32 Å². The summed E-state index contributed by atoms with van der Waals surface area (Å²) in [6.07, 6.45) is 2.92. The van der Waals surface area contributed by atoms with Crippen LogP contribution in [0, 0.1) is 0 Å². The van der Waals surface area contributed by atoms with Crippen LogP contribution in [0.3, 0.4) is 0 Å². The van der Waals surface area contributed by atoms with Gasteiger partial charge in [0.25, 0.3) is 0 Å².